The first-order valence-electron chi connectivity index (χ1n) is 29.2. The van der Waals surface area contributed by atoms with Gasteiger partial charge in [0.2, 0.25) is 17.7 Å². The van der Waals surface area contributed by atoms with Crippen LogP contribution in [0.1, 0.15) is 139 Å². The van der Waals surface area contributed by atoms with Crippen molar-refractivity contribution < 1.29 is 37.4 Å². The van der Waals surface area contributed by atoms with Gasteiger partial charge in [0.1, 0.15) is 23.4 Å². The van der Waals surface area contributed by atoms with Crippen molar-refractivity contribution in [3.8, 4) is 16.2 Å². The molecule has 3 fully saturated rings. The van der Waals surface area contributed by atoms with Gasteiger partial charge in [0.25, 0.3) is 0 Å². The van der Waals surface area contributed by atoms with E-state index in [1.807, 2.05) is 68.4 Å². The average molecular weight is 1180 g/mol. The van der Waals surface area contributed by atoms with Gasteiger partial charge >= 0.3 is 0 Å². The zero-order valence-corrected chi connectivity index (χ0v) is 51.3. The van der Waals surface area contributed by atoms with E-state index in [1.165, 1.54) is 4.90 Å². The number of hydrogen-bond acceptors (Lipinski definition) is 14. The summed E-state index contributed by atoms with van der Waals surface area (Å²) in [4.78, 5) is 77.9. The number of piperidine rings is 1. The van der Waals surface area contributed by atoms with E-state index >= 15 is 0 Å². The molecule has 0 saturated carbocycles. The number of hydrogen-bond donors (Lipinski definition) is 2. The topological polar surface area (TPSA) is 196 Å². The van der Waals surface area contributed by atoms with E-state index in [-0.39, 0.29) is 60.8 Å². The lowest BCUT2D eigenvalue weighted by Gasteiger charge is -2.43. The number of ketones is 1. The van der Waals surface area contributed by atoms with Crippen LogP contribution in [0.4, 0.5) is 5.69 Å². The van der Waals surface area contributed by atoms with Crippen LogP contribution in [0.15, 0.2) is 83.3 Å². The number of aliphatic hydroxyl groups is 1. The van der Waals surface area contributed by atoms with Crippen LogP contribution in [0.5, 0.6) is 5.75 Å². The molecule has 0 radical (unpaired) electrons. The van der Waals surface area contributed by atoms with Crippen molar-refractivity contribution in [1.82, 2.24) is 35.0 Å². The molecule has 16 nitrogen and oxygen atoms in total. The molecule has 0 aliphatic carbocycles. The Balaban J connectivity index is 0.709. The maximum Gasteiger partial charge on any atom is 0.243 e. The van der Waals surface area contributed by atoms with E-state index in [4.69, 9.17) is 21.3 Å². The number of amides is 3. The van der Waals surface area contributed by atoms with Crippen molar-refractivity contribution in [3.63, 3.8) is 0 Å². The number of nitrogens with zero attached hydrogens (tertiary/aromatic N) is 7. The molecule has 3 aliphatic heterocycles. The van der Waals surface area contributed by atoms with Crippen molar-refractivity contribution >= 4 is 62.0 Å². The van der Waals surface area contributed by atoms with Crippen LogP contribution in [0, 0.1) is 18.3 Å². The molecule has 0 bridgehead atoms. The third-order valence-electron chi connectivity index (χ3n) is 16.7. The molecule has 3 aromatic carbocycles. The second kappa shape index (κ2) is 28.2. The molecule has 442 valence electrons. The first kappa shape index (κ1) is 62.3. The summed E-state index contributed by atoms with van der Waals surface area (Å²) < 4.78 is 32.1. The summed E-state index contributed by atoms with van der Waals surface area (Å²) in [7, 11) is -1.83. The van der Waals surface area contributed by atoms with E-state index in [0.29, 0.717) is 47.4 Å². The quantitative estimate of drug-likeness (QED) is 0.0555. The molecular formula is C63H83ClN8O8S2. The molecule has 3 amide bonds. The Kier molecular flexibility index (Phi) is 21.4. The second-order valence-corrected chi connectivity index (χ2v) is 27.5. The number of anilines is 1. The minimum atomic E-state index is -3.50. The van der Waals surface area contributed by atoms with Gasteiger partial charge in [-0.25, -0.2) is 23.4 Å². The number of β-amino-alcohol motifs (C(OH)–C–C–N with tert-alkyl or cyclic N) is 1. The maximum atomic E-state index is 14.2. The number of ether oxygens (including phenoxy) is 1. The molecular weight excluding hydrogens is 1100 g/mol. The summed E-state index contributed by atoms with van der Waals surface area (Å²) in [5.41, 5.74) is 7.49. The highest BCUT2D eigenvalue weighted by Gasteiger charge is 2.44. The number of rotatable bonds is 24. The molecule has 2 aromatic heterocycles. The maximum absolute atomic E-state index is 14.2. The van der Waals surface area contributed by atoms with Crippen LogP contribution < -0.4 is 15.0 Å². The Morgan fingerprint density at radius 1 is 0.866 bits per heavy atom. The van der Waals surface area contributed by atoms with Crippen LogP contribution in [0.3, 0.4) is 0 Å². The van der Waals surface area contributed by atoms with Gasteiger partial charge in [0.05, 0.1) is 50.2 Å². The van der Waals surface area contributed by atoms with Crippen molar-refractivity contribution in [1.29, 1.82) is 0 Å². The summed E-state index contributed by atoms with van der Waals surface area (Å²) in [5, 5.41) is 13.5. The monoisotopic (exact) mass is 1180 g/mol. The normalized spacial score (nSPS) is 17.8. The van der Waals surface area contributed by atoms with Crippen LogP contribution in [-0.4, -0.2) is 143 Å². The lowest BCUT2D eigenvalue weighted by Crippen LogP contribution is -2.54. The number of nitrogens with one attached hydrogen (secondary N) is 1. The van der Waals surface area contributed by atoms with E-state index in [2.05, 4.69) is 43.3 Å². The smallest absolute Gasteiger partial charge is 0.243 e. The fourth-order valence-corrected chi connectivity index (χ4v) is 13.9. The number of carbonyl (C=O) groups excluding carboxylic acids is 4. The third-order valence-corrected chi connectivity index (χ3v) is 20.2. The number of piperazine rings is 1. The standard InChI is InChI=1S/C63H83ClN8O8S2/c1-42(2)82(78,79)57-17-14-13-15-47(57)33-54-53(64)39-65-58(68-54)34-46-23-24-49(35-56(46)80-7)69-27-25-48(26-28-69)70-29-31-71(32-30-70)59(75)18-12-10-8-9-11-16-50(73)36-52(63(4,5)6)62(77)72-40-51(74)37-55(72)61(76)66-38-44-19-21-45(22-20-44)60-43(3)67-41-81-60/h13-15,17,19-24,35,39,41-42,48,51-52,55,74H,8-12,16,18,25-34,36-38,40H2,1-7H3,(H,66,76)/t51-,52-,55+/m1/s1. The molecule has 3 aliphatic rings. The number of aryl methyl sites for hydroxylation is 1. The molecule has 5 aromatic rings. The molecule has 3 saturated heterocycles. The highest BCUT2D eigenvalue weighted by atomic mass is 35.5. The highest BCUT2D eigenvalue weighted by molar-refractivity contribution is 7.92. The largest absolute Gasteiger partial charge is 0.496 e. The third kappa shape index (κ3) is 15.9. The van der Waals surface area contributed by atoms with Gasteiger partial charge in [-0.2, -0.15) is 0 Å². The second-order valence-electron chi connectivity index (χ2n) is 23.8. The minimum Gasteiger partial charge on any atom is -0.496 e. The van der Waals surface area contributed by atoms with Gasteiger partial charge in [-0.15, -0.1) is 11.3 Å². The SMILES string of the molecule is COc1cc(N2CCC(N3CCN(C(=O)CCCCCCCC(=O)C[C@H](C(=O)N4C[C@H](O)C[C@H]4C(=O)NCc4ccc(-c5scnc5C)cc4)C(C)(C)C)CC3)CC2)ccc1Cc1ncc(Cl)c(Cc2ccccc2S(=O)(=O)C(C)C)n1. The Morgan fingerprint density at radius 2 is 1.56 bits per heavy atom. The summed E-state index contributed by atoms with van der Waals surface area (Å²) in [6.07, 6.45) is 8.86. The van der Waals surface area contributed by atoms with Crippen LogP contribution in [0.2, 0.25) is 5.02 Å². The molecule has 19 heteroatoms. The van der Waals surface area contributed by atoms with Crippen molar-refractivity contribution in [2.45, 2.75) is 160 Å². The molecule has 8 rings (SSSR count). The number of unbranched alkanes of at least 4 members (excludes halogenated alkanes) is 4. The summed E-state index contributed by atoms with van der Waals surface area (Å²) in [6, 6.07) is 20.9. The minimum absolute atomic E-state index is 0.0241. The Bertz CT molecular complexity index is 3110. The number of methoxy groups -OCH3 is 1. The molecule has 0 unspecified atom stereocenters. The van der Waals surface area contributed by atoms with Crippen LogP contribution in [-0.2, 0) is 48.4 Å². The van der Waals surface area contributed by atoms with E-state index in [9.17, 15) is 32.7 Å². The summed E-state index contributed by atoms with van der Waals surface area (Å²) >= 11 is 8.16. The van der Waals surface area contributed by atoms with Gasteiger partial charge in [0.15, 0.2) is 9.84 Å². The number of thiazole rings is 1. The van der Waals surface area contributed by atoms with Crippen molar-refractivity contribution in [2.75, 3.05) is 57.8 Å². The Hall–Kier alpha value is -5.79. The van der Waals surface area contributed by atoms with Crippen LogP contribution >= 0.6 is 22.9 Å². The zero-order valence-electron chi connectivity index (χ0n) is 48.9. The van der Waals surface area contributed by atoms with Crippen molar-refractivity contribution in [2.24, 2.45) is 11.3 Å². The first-order chi connectivity index (χ1) is 39.2. The summed E-state index contributed by atoms with van der Waals surface area (Å²) in [5.74, 6) is 0.331. The predicted molar refractivity (Wildman–Crippen MR) is 323 cm³/mol. The number of carbonyl (C=O) groups is 4. The number of sulfone groups is 1. The molecule has 5 heterocycles. The Labute approximate surface area is 494 Å². The van der Waals surface area contributed by atoms with E-state index in [0.717, 1.165) is 123 Å². The van der Waals surface area contributed by atoms with Gasteiger partial charge in [0, 0.05) is 126 Å². The molecule has 82 heavy (non-hydrogen) atoms. The number of likely N-dealkylation sites (tertiary alicyclic amines) is 1. The number of halogens is 1. The fourth-order valence-electron chi connectivity index (χ4n) is 11.6. The molecule has 3 atom stereocenters. The fraction of sp³-hybridized carbons (Fsp3) is 0.540. The average Bonchev–Trinajstić information content (AvgIpc) is 4.25. The Morgan fingerprint density at radius 3 is 2.23 bits per heavy atom. The first-order valence-corrected chi connectivity index (χ1v) is 32.0. The molecule has 0 spiro atoms. The number of aromatic nitrogens is 3. The summed E-state index contributed by atoms with van der Waals surface area (Å²) in [6.45, 7) is 16.6. The van der Waals surface area contributed by atoms with Gasteiger partial charge in [-0.3, -0.25) is 24.1 Å². The highest BCUT2D eigenvalue weighted by Crippen LogP contribution is 2.36. The van der Waals surface area contributed by atoms with E-state index in [1.54, 1.807) is 56.7 Å². The number of benzene rings is 3. The predicted octanol–water partition coefficient (Wildman–Crippen LogP) is 9.68. The van der Waals surface area contributed by atoms with Gasteiger partial charge in [-0.05, 0) is 80.7 Å². The molecule has 2 N–H and O–H groups in total. The van der Waals surface area contributed by atoms with Gasteiger partial charge in [-0.1, -0.05) is 100 Å². The van der Waals surface area contributed by atoms with Crippen LogP contribution in [0.25, 0.3) is 10.4 Å². The van der Waals surface area contributed by atoms with Gasteiger partial charge < -0.3 is 29.9 Å². The number of Topliss-reactive ketones (excluding diaryl/α,β-unsaturated/α-hetero) is 1. The van der Waals surface area contributed by atoms with E-state index < -0.39 is 38.6 Å². The number of aliphatic hydroxyl groups excluding tert-OH is 1. The van der Waals surface area contributed by atoms with Crippen molar-refractivity contribution in [3.05, 3.63) is 117 Å². The zero-order chi connectivity index (χ0) is 58.7. The lowest BCUT2D eigenvalue weighted by molar-refractivity contribution is -0.146. The lowest BCUT2D eigenvalue weighted by atomic mass is 9.76.